The van der Waals surface area contributed by atoms with Crippen LogP contribution in [0, 0.1) is 52.3 Å². The summed E-state index contributed by atoms with van der Waals surface area (Å²) in [5, 5.41) is 0. The monoisotopic (exact) mass is 398 g/mol. The van der Waals surface area contributed by atoms with Crippen LogP contribution in [-0.2, 0) is 0 Å². The third-order valence-corrected chi connectivity index (χ3v) is 11.0. The van der Waals surface area contributed by atoms with Crippen LogP contribution in [0.2, 0.25) is 0 Å². The van der Waals surface area contributed by atoms with E-state index in [1.807, 2.05) is 5.57 Å². The summed E-state index contributed by atoms with van der Waals surface area (Å²) < 4.78 is 0. The van der Waals surface area contributed by atoms with Crippen molar-refractivity contribution in [2.45, 2.75) is 119 Å². The lowest BCUT2D eigenvalue weighted by atomic mass is 9.46. The molecule has 0 aromatic carbocycles. The lowest BCUT2D eigenvalue weighted by Crippen LogP contribution is -2.50. The second kappa shape index (κ2) is 8.35. The first-order valence-electron chi connectivity index (χ1n) is 13.5. The SMILES string of the molecule is CCC1CC[C@@]2(C)C(=CC[C@H]3[C@@H]4CC[C@H]([C@H](C)CCCC(C)C)[C@@]4(C)CC[C@@H]32)C1. The summed E-state index contributed by atoms with van der Waals surface area (Å²) >= 11 is 0. The van der Waals surface area contributed by atoms with Crippen LogP contribution in [0.3, 0.4) is 0 Å². The van der Waals surface area contributed by atoms with Crippen LogP contribution >= 0.6 is 0 Å². The zero-order valence-corrected chi connectivity index (χ0v) is 20.6. The summed E-state index contributed by atoms with van der Waals surface area (Å²) in [6.07, 6.45) is 20.4. The topological polar surface area (TPSA) is 0 Å². The van der Waals surface area contributed by atoms with Gasteiger partial charge in [-0.15, -0.1) is 0 Å². The van der Waals surface area contributed by atoms with Crippen LogP contribution < -0.4 is 0 Å². The fourth-order valence-corrected chi connectivity index (χ4v) is 9.11. The van der Waals surface area contributed by atoms with Crippen LogP contribution in [0.5, 0.6) is 0 Å². The molecule has 4 aliphatic carbocycles. The fraction of sp³-hybridized carbons (Fsp3) is 0.931. The summed E-state index contributed by atoms with van der Waals surface area (Å²) in [6.45, 7) is 15.2. The summed E-state index contributed by atoms with van der Waals surface area (Å²) in [6, 6.07) is 0. The number of hydrogen-bond acceptors (Lipinski definition) is 0. The van der Waals surface area contributed by atoms with Gasteiger partial charge in [-0.2, -0.15) is 0 Å². The average Bonchev–Trinajstić information content (AvgIpc) is 3.04. The molecule has 4 rings (SSSR count). The van der Waals surface area contributed by atoms with Gasteiger partial charge in [0, 0.05) is 0 Å². The van der Waals surface area contributed by atoms with Gasteiger partial charge in [0.05, 0.1) is 0 Å². The number of fused-ring (bicyclic) bond motifs is 5. The lowest BCUT2D eigenvalue weighted by Gasteiger charge is -2.58. The van der Waals surface area contributed by atoms with Crippen molar-refractivity contribution < 1.29 is 0 Å². The molecule has 0 saturated heterocycles. The molecule has 8 atom stereocenters. The van der Waals surface area contributed by atoms with E-state index in [0.717, 1.165) is 41.4 Å². The van der Waals surface area contributed by atoms with Crippen molar-refractivity contribution in [3.63, 3.8) is 0 Å². The molecule has 0 heterocycles. The van der Waals surface area contributed by atoms with Crippen LogP contribution in [0.1, 0.15) is 119 Å². The molecular weight excluding hydrogens is 348 g/mol. The molecule has 1 unspecified atom stereocenters. The van der Waals surface area contributed by atoms with E-state index in [-0.39, 0.29) is 0 Å². The Morgan fingerprint density at radius 2 is 1.76 bits per heavy atom. The first-order chi connectivity index (χ1) is 13.8. The summed E-state index contributed by atoms with van der Waals surface area (Å²) in [7, 11) is 0. The Morgan fingerprint density at radius 1 is 0.966 bits per heavy atom. The molecular formula is C29H50. The van der Waals surface area contributed by atoms with Crippen molar-refractivity contribution in [3.05, 3.63) is 11.6 Å². The van der Waals surface area contributed by atoms with Gasteiger partial charge in [0.15, 0.2) is 0 Å². The Kier molecular flexibility index (Phi) is 6.32. The highest BCUT2D eigenvalue weighted by atomic mass is 14.6. The molecule has 0 spiro atoms. The molecule has 3 saturated carbocycles. The predicted octanol–water partition coefficient (Wildman–Crippen LogP) is 9.05. The molecule has 0 aromatic rings. The third-order valence-electron chi connectivity index (χ3n) is 11.0. The molecule has 3 fully saturated rings. The van der Waals surface area contributed by atoms with Crippen LogP contribution in [-0.4, -0.2) is 0 Å². The Labute approximate surface area is 182 Å². The van der Waals surface area contributed by atoms with Gasteiger partial charge in [-0.25, -0.2) is 0 Å². The lowest BCUT2D eigenvalue weighted by molar-refractivity contribution is -0.0528. The van der Waals surface area contributed by atoms with Gasteiger partial charge < -0.3 is 0 Å². The highest BCUT2D eigenvalue weighted by Gasteiger charge is 2.58. The average molecular weight is 399 g/mol. The number of rotatable bonds is 6. The minimum atomic E-state index is 0.552. The summed E-state index contributed by atoms with van der Waals surface area (Å²) in [4.78, 5) is 0. The van der Waals surface area contributed by atoms with E-state index >= 15 is 0 Å². The van der Waals surface area contributed by atoms with E-state index in [4.69, 9.17) is 0 Å². The van der Waals surface area contributed by atoms with E-state index in [9.17, 15) is 0 Å². The molecule has 0 aliphatic heterocycles. The van der Waals surface area contributed by atoms with Crippen molar-refractivity contribution in [2.75, 3.05) is 0 Å². The van der Waals surface area contributed by atoms with Crippen molar-refractivity contribution in [3.8, 4) is 0 Å². The maximum atomic E-state index is 2.77. The van der Waals surface area contributed by atoms with Gasteiger partial charge in [0.25, 0.3) is 0 Å². The zero-order chi connectivity index (χ0) is 20.8. The molecule has 0 radical (unpaired) electrons. The van der Waals surface area contributed by atoms with Gasteiger partial charge in [-0.1, -0.05) is 78.9 Å². The zero-order valence-electron chi connectivity index (χ0n) is 20.6. The van der Waals surface area contributed by atoms with Crippen molar-refractivity contribution in [1.82, 2.24) is 0 Å². The smallest absolute Gasteiger partial charge is 0.00851 e. The fourth-order valence-electron chi connectivity index (χ4n) is 9.11. The van der Waals surface area contributed by atoms with Crippen molar-refractivity contribution >= 4 is 0 Å². The van der Waals surface area contributed by atoms with Crippen LogP contribution in [0.4, 0.5) is 0 Å². The van der Waals surface area contributed by atoms with E-state index in [1.165, 1.54) is 77.0 Å². The van der Waals surface area contributed by atoms with Crippen molar-refractivity contribution in [2.24, 2.45) is 52.3 Å². The normalized spacial score (nSPS) is 45.3. The Morgan fingerprint density at radius 3 is 2.48 bits per heavy atom. The van der Waals surface area contributed by atoms with Crippen molar-refractivity contribution in [1.29, 1.82) is 0 Å². The van der Waals surface area contributed by atoms with Gasteiger partial charge >= 0.3 is 0 Å². The maximum Gasteiger partial charge on any atom is -0.00851 e. The van der Waals surface area contributed by atoms with E-state index < -0.39 is 0 Å². The molecule has 0 bridgehead atoms. The maximum absolute atomic E-state index is 2.77. The molecule has 0 heteroatoms. The minimum Gasteiger partial charge on any atom is -0.0845 e. The largest absolute Gasteiger partial charge is 0.0845 e. The number of hydrogen-bond donors (Lipinski definition) is 0. The summed E-state index contributed by atoms with van der Waals surface area (Å²) in [5.41, 5.74) is 3.08. The van der Waals surface area contributed by atoms with Crippen LogP contribution in [0.25, 0.3) is 0 Å². The Bertz CT molecular complexity index is 599. The van der Waals surface area contributed by atoms with Gasteiger partial charge in [-0.05, 0) is 104 Å². The summed E-state index contributed by atoms with van der Waals surface area (Å²) in [5.74, 6) is 6.78. The van der Waals surface area contributed by atoms with Gasteiger partial charge in [-0.3, -0.25) is 0 Å². The van der Waals surface area contributed by atoms with E-state index in [2.05, 4.69) is 47.6 Å². The minimum absolute atomic E-state index is 0.552. The predicted molar refractivity (Wildman–Crippen MR) is 127 cm³/mol. The Hall–Kier alpha value is -0.260. The first kappa shape index (κ1) is 22.0. The Balaban J connectivity index is 1.48. The highest BCUT2D eigenvalue weighted by molar-refractivity contribution is 5.25. The van der Waals surface area contributed by atoms with Gasteiger partial charge in [0.2, 0.25) is 0 Å². The molecule has 166 valence electrons. The first-order valence-corrected chi connectivity index (χ1v) is 13.5. The highest BCUT2D eigenvalue weighted by Crippen LogP contribution is 2.67. The van der Waals surface area contributed by atoms with E-state index in [0.29, 0.717) is 10.8 Å². The van der Waals surface area contributed by atoms with Crippen LogP contribution in [0.15, 0.2) is 11.6 Å². The molecule has 0 aromatic heterocycles. The second-order valence-corrected chi connectivity index (χ2v) is 12.8. The molecule has 0 N–H and O–H groups in total. The van der Waals surface area contributed by atoms with Gasteiger partial charge in [0.1, 0.15) is 0 Å². The quantitative estimate of drug-likeness (QED) is 0.391. The molecule has 29 heavy (non-hydrogen) atoms. The van der Waals surface area contributed by atoms with E-state index in [1.54, 1.807) is 0 Å². The molecule has 0 amide bonds. The molecule has 4 aliphatic rings. The standard InChI is InChI=1S/C29H50/c1-7-22-15-17-28(5)23(19-22)11-12-24-26-14-13-25(21(4)10-8-9-20(2)3)29(26,6)18-16-27(24)28/h11,20-22,24-27H,7-10,12-19H2,1-6H3/t21-,22?,24+,25-,26+,27+,28+,29-/m1/s1. The second-order valence-electron chi connectivity index (χ2n) is 12.8. The third kappa shape index (κ3) is 3.78. The molecule has 0 nitrogen and oxygen atoms in total. The number of allylic oxidation sites excluding steroid dienone is 2.